The number of nitrogens with one attached hydrogen (secondary N) is 1. The van der Waals surface area contributed by atoms with Crippen molar-refractivity contribution in [2.24, 2.45) is 0 Å². The van der Waals surface area contributed by atoms with E-state index in [4.69, 9.17) is 4.74 Å². The highest BCUT2D eigenvalue weighted by molar-refractivity contribution is 5.97. The number of carbonyl (C=O) groups excluding carboxylic acids is 2. The van der Waals surface area contributed by atoms with E-state index >= 15 is 0 Å². The van der Waals surface area contributed by atoms with E-state index in [1.165, 1.54) is 6.92 Å². The van der Waals surface area contributed by atoms with E-state index in [2.05, 4.69) is 5.32 Å². The van der Waals surface area contributed by atoms with Crippen LogP contribution in [0.1, 0.15) is 42.7 Å². The molecule has 0 aromatic heterocycles. The molecule has 1 N–H and O–H groups in total. The summed E-state index contributed by atoms with van der Waals surface area (Å²) in [5.41, 5.74) is 2.17. The van der Waals surface area contributed by atoms with Crippen LogP contribution in [-0.2, 0) is 4.79 Å². The molecule has 1 atom stereocenters. The predicted octanol–water partition coefficient (Wildman–Crippen LogP) is 3.88. The fourth-order valence-corrected chi connectivity index (χ4v) is 2.77. The van der Waals surface area contributed by atoms with Crippen LogP contribution in [0.4, 0.5) is 5.69 Å². The minimum Gasteiger partial charge on any atom is -0.497 e. The van der Waals surface area contributed by atoms with Gasteiger partial charge >= 0.3 is 0 Å². The highest BCUT2D eigenvalue weighted by Crippen LogP contribution is 2.25. The van der Waals surface area contributed by atoms with Crippen molar-refractivity contribution in [1.29, 1.82) is 0 Å². The summed E-state index contributed by atoms with van der Waals surface area (Å²) in [5.74, 6) is 0.521. The molecule has 132 valence electrons. The average Bonchev–Trinajstić information content (AvgIpc) is 2.61. The minimum absolute atomic E-state index is 0.0787. The number of benzene rings is 2. The third-order valence-corrected chi connectivity index (χ3v) is 4.08. The van der Waals surface area contributed by atoms with E-state index in [0.29, 0.717) is 17.8 Å². The third-order valence-electron chi connectivity index (χ3n) is 4.08. The van der Waals surface area contributed by atoms with Gasteiger partial charge in [0.05, 0.1) is 13.2 Å². The van der Waals surface area contributed by atoms with Crippen molar-refractivity contribution in [3.05, 3.63) is 59.7 Å². The van der Waals surface area contributed by atoms with Crippen molar-refractivity contribution in [2.75, 3.05) is 19.0 Å². The monoisotopic (exact) mass is 340 g/mol. The molecule has 0 saturated carbocycles. The number of ether oxygens (including phenoxy) is 1. The largest absolute Gasteiger partial charge is 0.497 e. The summed E-state index contributed by atoms with van der Waals surface area (Å²) in [7, 11) is 1.63. The van der Waals surface area contributed by atoms with Gasteiger partial charge in [-0.05, 0) is 49.7 Å². The lowest BCUT2D eigenvalue weighted by atomic mass is 10.0. The number of anilines is 1. The topological polar surface area (TPSA) is 58.6 Å². The molecule has 2 aromatic carbocycles. The van der Waals surface area contributed by atoms with Crippen molar-refractivity contribution in [2.45, 2.75) is 26.8 Å². The standard InChI is InChI=1S/C20H24N2O3/c1-5-22(14(2)16-8-7-11-19(13-16)25-4)20(24)17-9-6-10-18(12-17)21-15(3)23/h6-14H,5H2,1-4H3,(H,21,23). The second-order valence-electron chi connectivity index (χ2n) is 5.81. The van der Waals surface area contributed by atoms with Crippen LogP contribution in [0.2, 0.25) is 0 Å². The van der Waals surface area contributed by atoms with Gasteiger partial charge < -0.3 is 15.0 Å². The molecular formula is C20H24N2O3. The van der Waals surface area contributed by atoms with Crippen LogP contribution in [0.15, 0.2) is 48.5 Å². The first kappa shape index (κ1) is 18.5. The van der Waals surface area contributed by atoms with Crippen LogP contribution in [0, 0.1) is 0 Å². The highest BCUT2D eigenvalue weighted by Gasteiger charge is 2.22. The van der Waals surface area contributed by atoms with E-state index in [-0.39, 0.29) is 17.9 Å². The summed E-state index contributed by atoms with van der Waals surface area (Å²) in [6.07, 6.45) is 0. The number of hydrogen-bond acceptors (Lipinski definition) is 3. The Kier molecular flexibility index (Phi) is 6.17. The number of carbonyl (C=O) groups is 2. The molecule has 25 heavy (non-hydrogen) atoms. The molecule has 0 bridgehead atoms. The molecule has 2 aromatic rings. The Morgan fingerprint density at radius 1 is 1.16 bits per heavy atom. The Labute approximate surface area is 148 Å². The van der Waals surface area contributed by atoms with Crippen molar-refractivity contribution < 1.29 is 14.3 Å². The SMILES string of the molecule is CCN(C(=O)c1cccc(NC(C)=O)c1)C(C)c1cccc(OC)c1. The van der Waals surface area contributed by atoms with Gasteiger partial charge in [-0.15, -0.1) is 0 Å². The van der Waals surface area contributed by atoms with Crippen molar-refractivity contribution in [1.82, 2.24) is 4.90 Å². The van der Waals surface area contributed by atoms with Gasteiger partial charge in [0.15, 0.2) is 0 Å². The first-order chi connectivity index (χ1) is 12.0. The molecule has 0 fully saturated rings. The Hall–Kier alpha value is -2.82. The first-order valence-corrected chi connectivity index (χ1v) is 8.28. The molecule has 0 aliphatic rings. The average molecular weight is 340 g/mol. The van der Waals surface area contributed by atoms with Gasteiger partial charge in [-0.2, -0.15) is 0 Å². The van der Waals surface area contributed by atoms with E-state index in [1.807, 2.05) is 38.1 Å². The summed E-state index contributed by atoms with van der Waals surface area (Å²) in [4.78, 5) is 26.0. The molecule has 0 heterocycles. The van der Waals surface area contributed by atoms with Crippen molar-refractivity contribution >= 4 is 17.5 Å². The first-order valence-electron chi connectivity index (χ1n) is 8.28. The normalized spacial score (nSPS) is 11.5. The number of amides is 2. The third kappa shape index (κ3) is 4.59. The summed E-state index contributed by atoms with van der Waals surface area (Å²) in [6, 6.07) is 14.6. The lowest BCUT2D eigenvalue weighted by Crippen LogP contribution is -2.33. The summed E-state index contributed by atoms with van der Waals surface area (Å²) >= 11 is 0. The molecule has 0 saturated heterocycles. The molecule has 1 unspecified atom stereocenters. The molecular weight excluding hydrogens is 316 g/mol. The molecule has 5 nitrogen and oxygen atoms in total. The van der Waals surface area contributed by atoms with Gasteiger partial charge in [-0.3, -0.25) is 9.59 Å². The maximum absolute atomic E-state index is 13.0. The smallest absolute Gasteiger partial charge is 0.254 e. The maximum atomic E-state index is 13.0. The zero-order valence-electron chi connectivity index (χ0n) is 15.1. The number of hydrogen-bond donors (Lipinski definition) is 1. The van der Waals surface area contributed by atoms with Gasteiger partial charge in [0.25, 0.3) is 5.91 Å². The Morgan fingerprint density at radius 2 is 1.88 bits per heavy atom. The Morgan fingerprint density at radius 3 is 2.52 bits per heavy atom. The lowest BCUT2D eigenvalue weighted by molar-refractivity contribution is -0.114. The fraction of sp³-hybridized carbons (Fsp3) is 0.300. The molecule has 0 spiro atoms. The predicted molar refractivity (Wildman–Crippen MR) is 98.9 cm³/mol. The quantitative estimate of drug-likeness (QED) is 0.868. The summed E-state index contributed by atoms with van der Waals surface area (Å²) in [5, 5.41) is 2.71. The van der Waals surface area contributed by atoms with E-state index in [1.54, 1.807) is 36.3 Å². The van der Waals surface area contributed by atoms with E-state index in [9.17, 15) is 9.59 Å². The van der Waals surface area contributed by atoms with Gasteiger partial charge in [0.2, 0.25) is 5.91 Å². The molecule has 2 rings (SSSR count). The molecule has 0 radical (unpaired) electrons. The van der Waals surface area contributed by atoms with Gasteiger partial charge in [-0.25, -0.2) is 0 Å². The molecule has 0 aliphatic carbocycles. The van der Waals surface area contributed by atoms with Crippen LogP contribution in [-0.4, -0.2) is 30.4 Å². The Bertz CT molecular complexity index is 758. The minimum atomic E-state index is -0.165. The number of rotatable bonds is 6. The molecule has 5 heteroatoms. The summed E-state index contributed by atoms with van der Waals surface area (Å²) in [6.45, 7) is 5.96. The van der Waals surface area contributed by atoms with Crippen LogP contribution < -0.4 is 10.1 Å². The highest BCUT2D eigenvalue weighted by atomic mass is 16.5. The second-order valence-corrected chi connectivity index (χ2v) is 5.81. The maximum Gasteiger partial charge on any atom is 0.254 e. The number of nitrogens with zero attached hydrogens (tertiary/aromatic N) is 1. The van der Waals surface area contributed by atoms with Crippen LogP contribution >= 0.6 is 0 Å². The summed E-state index contributed by atoms with van der Waals surface area (Å²) < 4.78 is 5.27. The van der Waals surface area contributed by atoms with Crippen molar-refractivity contribution in [3.8, 4) is 5.75 Å². The zero-order valence-corrected chi connectivity index (χ0v) is 15.1. The van der Waals surface area contributed by atoms with E-state index in [0.717, 1.165) is 11.3 Å². The van der Waals surface area contributed by atoms with Gasteiger partial charge in [0.1, 0.15) is 5.75 Å². The fourth-order valence-electron chi connectivity index (χ4n) is 2.77. The van der Waals surface area contributed by atoms with Crippen LogP contribution in [0.25, 0.3) is 0 Å². The van der Waals surface area contributed by atoms with Crippen LogP contribution in [0.5, 0.6) is 5.75 Å². The molecule has 0 aliphatic heterocycles. The zero-order chi connectivity index (χ0) is 18.4. The lowest BCUT2D eigenvalue weighted by Gasteiger charge is -2.29. The van der Waals surface area contributed by atoms with Crippen LogP contribution in [0.3, 0.4) is 0 Å². The van der Waals surface area contributed by atoms with Gasteiger partial charge in [0, 0.05) is 24.7 Å². The van der Waals surface area contributed by atoms with Gasteiger partial charge in [-0.1, -0.05) is 18.2 Å². The Balaban J connectivity index is 2.26. The number of methoxy groups -OCH3 is 1. The molecule has 2 amide bonds. The second kappa shape index (κ2) is 8.33. The van der Waals surface area contributed by atoms with E-state index < -0.39 is 0 Å². The van der Waals surface area contributed by atoms with Crippen molar-refractivity contribution in [3.63, 3.8) is 0 Å².